The first-order valence-electron chi connectivity index (χ1n) is 8.93. The van der Waals surface area contributed by atoms with Crippen molar-refractivity contribution >= 4 is 15.7 Å². The molecule has 9 nitrogen and oxygen atoms in total. The minimum Gasteiger partial charge on any atom is -0.381 e. The summed E-state index contributed by atoms with van der Waals surface area (Å²) in [5.41, 5.74) is 1.37. The Hall–Kier alpha value is -2.01. The Morgan fingerprint density at radius 1 is 1.15 bits per heavy atom. The smallest absolute Gasteiger partial charge is 0.260 e. The van der Waals surface area contributed by atoms with Crippen molar-refractivity contribution in [3.63, 3.8) is 0 Å². The Kier molecular flexibility index (Phi) is 5.13. The lowest BCUT2D eigenvalue weighted by atomic mass is 10.0. The number of nitrogens with two attached hydrogens (primary N) is 1. The van der Waals surface area contributed by atoms with E-state index in [1.165, 1.54) is 12.1 Å². The number of aromatic nitrogens is 2. The maximum Gasteiger partial charge on any atom is 0.260 e. The second-order valence-electron chi connectivity index (χ2n) is 6.70. The predicted molar refractivity (Wildman–Crippen MR) is 96.9 cm³/mol. The maximum absolute atomic E-state index is 11.8. The highest BCUT2D eigenvalue weighted by Crippen LogP contribution is 2.34. The third-order valence-corrected chi connectivity index (χ3v) is 5.76. The SMILES string of the molecule is NS(=O)(=O)c1ccc(N2CCOCC2)c(-c2nc(C3CCCOC3)no2)c1. The van der Waals surface area contributed by atoms with Crippen LogP contribution in [-0.2, 0) is 19.5 Å². The molecule has 0 radical (unpaired) electrons. The molecule has 1 aromatic carbocycles. The van der Waals surface area contributed by atoms with Crippen molar-refractivity contribution < 1.29 is 22.4 Å². The van der Waals surface area contributed by atoms with Gasteiger partial charge in [0.2, 0.25) is 10.0 Å². The number of hydrogen-bond donors (Lipinski definition) is 1. The van der Waals surface area contributed by atoms with Crippen LogP contribution in [0.25, 0.3) is 11.5 Å². The number of sulfonamides is 1. The van der Waals surface area contributed by atoms with E-state index in [2.05, 4.69) is 15.0 Å². The zero-order chi connectivity index (χ0) is 18.9. The van der Waals surface area contributed by atoms with Gasteiger partial charge in [0.05, 0.1) is 30.3 Å². The Balaban J connectivity index is 1.73. The van der Waals surface area contributed by atoms with Crippen LogP contribution in [0.4, 0.5) is 5.69 Å². The first kappa shape index (κ1) is 18.4. The van der Waals surface area contributed by atoms with Crippen LogP contribution in [-0.4, -0.2) is 58.1 Å². The van der Waals surface area contributed by atoms with E-state index < -0.39 is 10.0 Å². The molecule has 2 N–H and O–H groups in total. The van der Waals surface area contributed by atoms with Gasteiger partial charge < -0.3 is 18.9 Å². The molecular formula is C17H22N4O5S. The van der Waals surface area contributed by atoms with Gasteiger partial charge in [-0.25, -0.2) is 13.6 Å². The van der Waals surface area contributed by atoms with Gasteiger partial charge in [-0.2, -0.15) is 4.98 Å². The monoisotopic (exact) mass is 394 g/mol. The fourth-order valence-electron chi connectivity index (χ4n) is 3.40. The summed E-state index contributed by atoms with van der Waals surface area (Å²) < 4.78 is 40.0. The van der Waals surface area contributed by atoms with Gasteiger partial charge in [-0.3, -0.25) is 0 Å². The van der Waals surface area contributed by atoms with Gasteiger partial charge in [-0.15, -0.1) is 0 Å². The highest BCUT2D eigenvalue weighted by Gasteiger charge is 2.25. The summed E-state index contributed by atoms with van der Waals surface area (Å²) in [6, 6.07) is 4.72. The zero-order valence-electron chi connectivity index (χ0n) is 14.8. The first-order chi connectivity index (χ1) is 13.0. The van der Waals surface area contributed by atoms with E-state index in [0.717, 1.165) is 25.1 Å². The highest BCUT2D eigenvalue weighted by atomic mass is 32.2. The average Bonchev–Trinajstić information content (AvgIpc) is 3.18. The summed E-state index contributed by atoms with van der Waals surface area (Å²) in [5, 5.41) is 9.41. The quantitative estimate of drug-likeness (QED) is 0.819. The molecule has 0 saturated carbocycles. The molecule has 2 saturated heterocycles. The van der Waals surface area contributed by atoms with Crippen molar-refractivity contribution in [1.82, 2.24) is 10.1 Å². The summed E-state index contributed by atoms with van der Waals surface area (Å²) in [6.07, 6.45) is 1.89. The molecule has 1 atom stereocenters. The molecule has 146 valence electrons. The van der Waals surface area contributed by atoms with Gasteiger partial charge >= 0.3 is 0 Å². The van der Waals surface area contributed by atoms with Crippen molar-refractivity contribution in [3.8, 4) is 11.5 Å². The van der Waals surface area contributed by atoms with Crippen molar-refractivity contribution in [3.05, 3.63) is 24.0 Å². The molecule has 10 heteroatoms. The number of hydrogen-bond acceptors (Lipinski definition) is 8. The topological polar surface area (TPSA) is 121 Å². The molecule has 2 aliphatic rings. The van der Waals surface area contributed by atoms with Crippen LogP contribution in [0.15, 0.2) is 27.6 Å². The zero-order valence-corrected chi connectivity index (χ0v) is 15.7. The van der Waals surface area contributed by atoms with Gasteiger partial charge in [0.1, 0.15) is 0 Å². The first-order valence-corrected chi connectivity index (χ1v) is 10.5. The van der Waals surface area contributed by atoms with Crippen molar-refractivity contribution in [2.75, 3.05) is 44.4 Å². The van der Waals surface area contributed by atoms with Gasteiger partial charge in [-0.05, 0) is 31.0 Å². The van der Waals surface area contributed by atoms with E-state index in [4.69, 9.17) is 19.1 Å². The van der Waals surface area contributed by atoms with Crippen molar-refractivity contribution in [1.29, 1.82) is 0 Å². The van der Waals surface area contributed by atoms with Crippen LogP contribution in [0.2, 0.25) is 0 Å². The standard InChI is InChI=1S/C17H22N4O5S/c18-27(22,23)13-3-4-15(21-5-8-24-9-6-21)14(10-13)17-19-16(20-26-17)12-2-1-7-25-11-12/h3-4,10,12H,1-2,5-9,11H2,(H2,18,22,23). The molecular weight excluding hydrogens is 372 g/mol. The molecule has 1 aromatic heterocycles. The van der Waals surface area contributed by atoms with Crippen LogP contribution in [0.1, 0.15) is 24.6 Å². The number of nitrogens with zero attached hydrogens (tertiary/aromatic N) is 3. The molecule has 0 amide bonds. The molecule has 1 unspecified atom stereocenters. The van der Waals surface area contributed by atoms with Crippen molar-refractivity contribution in [2.45, 2.75) is 23.7 Å². The van der Waals surface area contributed by atoms with Crippen LogP contribution < -0.4 is 10.0 Å². The second kappa shape index (κ2) is 7.55. The minimum absolute atomic E-state index is 0.00950. The second-order valence-corrected chi connectivity index (χ2v) is 8.26. The normalized spacial score (nSPS) is 21.4. The van der Waals surface area contributed by atoms with E-state index in [9.17, 15) is 8.42 Å². The fraction of sp³-hybridized carbons (Fsp3) is 0.529. The molecule has 2 fully saturated rings. The molecule has 0 spiro atoms. The van der Waals surface area contributed by atoms with E-state index >= 15 is 0 Å². The minimum atomic E-state index is -3.85. The van der Waals surface area contributed by atoms with Crippen LogP contribution in [0, 0.1) is 0 Å². The summed E-state index contributed by atoms with van der Waals surface area (Å²) in [4.78, 5) is 6.65. The molecule has 2 aliphatic heterocycles. The molecule has 2 aromatic rings. The third-order valence-electron chi connectivity index (χ3n) is 4.85. The van der Waals surface area contributed by atoms with E-state index in [1.807, 2.05) is 0 Å². The fourth-order valence-corrected chi connectivity index (χ4v) is 3.94. The lowest BCUT2D eigenvalue weighted by Crippen LogP contribution is -2.36. The molecule has 0 aliphatic carbocycles. The van der Waals surface area contributed by atoms with E-state index in [1.54, 1.807) is 6.07 Å². The van der Waals surface area contributed by atoms with Gasteiger partial charge in [0.15, 0.2) is 5.82 Å². The van der Waals surface area contributed by atoms with E-state index in [-0.39, 0.29) is 16.7 Å². The average molecular weight is 394 g/mol. The Bertz CT molecular complexity index is 902. The maximum atomic E-state index is 11.8. The van der Waals surface area contributed by atoms with Crippen LogP contribution in [0.3, 0.4) is 0 Å². The van der Waals surface area contributed by atoms with Crippen LogP contribution in [0.5, 0.6) is 0 Å². The summed E-state index contributed by atoms with van der Waals surface area (Å²) in [7, 11) is -3.85. The molecule has 4 rings (SSSR count). The Morgan fingerprint density at radius 2 is 1.96 bits per heavy atom. The van der Waals surface area contributed by atoms with E-state index in [0.29, 0.717) is 44.3 Å². The summed E-state index contributed by atoms with van der Waals surface area (Å²) >= 11 is 0. The van der Waals surface area contributed by atoms with Crippen molar-refractivity contribution in [2.24, 2.45) is 5.14 Å². The number of rotatable bonds is 4. The van der Waals surface area contributed by atoms with Crippen LogP contribution >= 0.6 is 0 Å². The van der Waals surface area contributed by atoms with Gasteiger partial charge in [0.25, 0.3) is 5.89 Å². The van der Waals surface area contributed by atoms with Gasteiger partial charge in [0, 0.05) is 31.3 Å². The Morgan fingerprint density at radius 3 is 2.67 bits per heavy atom. The number of morpholine rings is 1. The largest absolute Gasteiger partial charge is 0.381 e. The molecule has 0 bridgehead atoms. The number of benzene rings is 1. The number of anilines is 1. The molecule has 27 heavy (non-hydrogen) atoms. The number of primary sulfonamides is 1. The summed E-state index contributed by atoms with van der Waals surface area (Å²) in [6.45, 7) is 3.90. The van der Waals surface area contributed by atoms with Gasteiger partial charge in [-0.1, -0.05) is 5.16 Å². The predicted octanol–water partition coefficient (Wildman–Crippen LogP) is 1.11. The third kappa shape index (κ3) is 3.98. The summed E-state index contributed by atoms with van der Waals surface area (Å²) in [5.74, 6) is 0.950. The lowest BCUT2D eigenvalue weighted by Gasteiger charge is -2.30. The highest BCUT2D eigenvalue weighted by molar-refractivity contribution is 7.89. The Labute approximate surface area is 157 Å². The molecule has 3 heterocycles. The number of ether oxygens (including phenoxy) is 2. The lowest BCUT2D eigenvalue weighted by molar-refractivity contribution is 0.0773.